The Morgan fingerprint density at radius 3 is 2.74 bits per heavy atom. The molecule has 0 saturated carbocycles. The average Bonchev–Trinajstić information content (AvgIpc) is 2.68. The van der Waals surface area contributed by atoms with E-state index < -0.39 is 20.7 Å². The molecule has 3 N–H and O–H groups in total. The highest BCUT2D eigenvalue weighted by Crippen LogP contribution is 2.27. The van der Waals surface area contributed by atoms with E-state index in [1.807, 2.05) is 0 Å². The van der Waals surface area contributed by atoms with Gasteiger partial charge in [0.2, 0.25) is 0 Å². The second-order valence-electron chi connectivity index (χ2n) is 3.81. The van der Waals surface area contributed by atoms with Crippen molar-refractivity contribution in [2.45, 2.75) is 4.90 Å². The number of sulfonamides is 1. The highest BCUT2D eigenvalue weighted by Gasteiger charge is 2.21. The van der Waals surface area contributed by atoms with Gasteiger partial charge in [0.25, 0.3) is 10.0 Å². The van der Waals surface area contributed by atoms with E-state index in [2.05, 4.69) is 25.8 Å². The first-order chi connectivity index (χ1) is 8.79. The molecule has 1 aromatic carbocycles. The van der Waals surface area contributed by atoms with E-state index in [1.165, 1.54) is 17.1 Å². The van der Waals surface area contributed by atoms with Gasteiger partial charge in [-0.25, -0.2) is 12.8 Å². The Hall–Kier alpha value is -1.61. The summed E-state index contributed by atoms with van der Waals surface area (Å²) in [6, 6.07) is 2.06. The van der Waals surface area contributed by atoms with Gasteiger partial charge in [-0.05, 0) is 28.1 Å². The Morgan fingerprint density at radius 2 is 2.16 bits per heavy atom. The van der Waals surface area contributed by atoms with Crippen LogP contribution in [0, 0.1) is 5.82 Å². The van der Waals surface area contributed by atoms with Crippen LogP contribution in [0.1, 0.15) is 0 Å². The lowest BCUT2D eigenvalue weighted by molar-refractivity contribution is 0.570. The minimum Gasteiger partial charge on any atom is -0.398 e. The van der Waals surface area contributed by atoms with Gasteiger partial charge in [0.15, 0.2) is 0 Å². The van der Waals surface area contributed by atoms with Gasteiger partial charge in [-0.15, -0.1) is 0 Å². The Labute approximate surface area is 117 Å². The lowest BCUT2D eigenvalue weighted by atomic mass is 10.3. The summed E-state index contributed by atoms with van der Waals surface area (Å²) in [5, 5.41) is 3.81. The highest BCUT2D eigenvalue weighted by atomic mass is 79.9. The van der Waals surface area contributed by atoms with Gasteiger partial charge in [0, 0.05) is 23.4 Å². The van der Waals surface area contributed by atoms with Crippen molar-refractivity contribution >= 4 is 37.3 Å². The first-order valence-corrected chi connectivity index (χ1v) is 7.33. The maximum Gasteiger partial charge on any atom is 0.264 e. The van der Waals surface area contributed by atoms with E-state index in [4.69, 9.17) is 5.73 Å². The largest absolute Gasteiger partial charge is 0.398 e. The quantitative estimate of drug-likeness (QED) is 0.826. The van der Waals surface area contributed by atoms with Crippen LogP contribution in [0.2, 0.25) is 0 Å². The maximum atomic E-state index is 13.7. The molecule has 1 heterocycles. The molecule has 0 saturated heterocycles. The van der Waals surface area contributed by atoms with E-state index >= 15 is 0 Å². The number of anilines is 2. The smallest absolute Gasteiger partial charge is 0.264 e. The third-order valence-corrected chi connectivity index (χ3v) is 4.38. The van der Waals surface area contributed by atoms with Gasteiger partial charge in [-0.3, -0.25) is 9.40 Å². The van der Waals surface area contributed by atoms with Crippen molar-refractivity contribution in [2.24, 2.45) is 7.05 Å². The van der Waals surface area contributed by atoms with Crippen LogP contribution in [0.3, 0.4) is 0 Å². The monoisotopic (exact) mass is 348 g/mol. The predicted molar refractivity (Wildman–Crippen MR) is 72.5 cm³/mol. The molecule has 0 aliphatic carbocycles. The molecular formula is C10H10BrFN4O2S. The number of aromatic nitrogens is 2. The minimum absolute atomic E-state index is 0.132. The molecule has 0 radical (unpaired) electrons. The number of benzene rings is 1. The number of nitrogens with two attached hydrogens (primary N) is 1. The number of hydrogen-bond acceptors (Lipinski definition) is 4. The van der Waals surface area contributed by atoms with E-state index in [9.17, 15) is 12.8 Å². The number of nitrogens with one attached hydrogen (secondary N) is 1. The summed E-state index contributed by atoms with van der Waals surface area (Å²) in [5.41, 5.74) is 5.93. The van der Waals surface area contributed by atoms with Gasteiger partial charge in [0.05, 0.1) is 11.9 Å². The first-order valence-electron chi connectivity index (χ1n) is 5.05. The van der Waals surface area contributed by atoms with Crippen LogP contribution in [-0.2, 0) is 17.1 Å². The van der Waals surface area contributed by atoms with E-state index in [-0.39, 0.29) is 11.4 Å². The lowest BCUT2D eigenvalue weighted by Gasteiger charge is -2.08. The van der Waals surface area contributed by atoms with Crippen LogP contribution in [0.15, 0.2) is 33.9 Å². The molecule has 0 fully saturated rings. The van der Waals surface area contributed by atoms with E-state index in [0.29, 0.717) is 4.47 Å². The van der Waals surface area contributed by atoms with Crippen LogP contribution < -0.4 is 10.5 Å². The Morgan fingerprint density at radius 1 is 1.47 bits per heavy atom. The Bertz CT molecular complexity index is 729. The first kappa shape index (κ1) is 13.8. The zero-order valence-corrected chi connectivity index (χ0v) is 12.2. The molecule has 0 aliphatic rings. The third kappa shape index (κ3) is 2.87. The van der Waals surface area contributed by atoms with Crippen molar-refractivity contribution in [3.05, 3.63) is 34.8 Å². The summed E-state index contributed by atoms with van der Waals surface area (Å²) >= 11 is 3.02. The zero-order chi connectivity index (χ0) is 14.2. The highest BCUT2D eigenvalue weighted by molar-refractivity contribution is 9.10. The molecule has 6 nitrogen and oxygen atoms in total. The van der Waals surface area contributed by atoms with Crippen molar-refractivity contribution in [3.8, 4) is 0 Å². The third-order valence-electron chi connectivity index (χ3n) is 2.30. The Balaban J connectivity index is 2.42. The summed E-state index contributed by atoms with van der Waals surface area (Å²) < 4.78 is 41.7. The number of aryl methyl sites for hydroxylation is 1. The zero-order valence-electron chi connectivity index (χ0n) is 9.76. The molecule has 2 aromatic rings. The molecule has 0 bridgehead atoms. The van der Waals surface area contributed by atoms with Crippen LogP contribution >= 0.6 is 15.9 Å². The molecule has 19 heavy (non-hydrogen) atoms. The van der Waals surface area contributed by atoms with Crippen LogP contribution in [0.4, 0.5) is 15.8 Å². The van der Waals surface area contributed by atoms with Gasteiger partial charge >= 0.3 is 0 Å². The van der Waals surface area contributed by atoms with Gasteiger partial charge in [0.1, 0.15) is 10.7 Å². The number of rotatable bonds is 3. The van der Waals surface area contributed by atoms with Gasteiger partial charge in [-0.2, -0.15) is 5.10 Å². The van der Waals surface area contributed by atoms with Crippen molar-refractivity contribution in [2.75, 3.05) is 10.5 Å². The standard InChI is InChI=1S/C10H10BrFN4O2S/c1-16-5-6(4-14-16)15-19(17,18)10-3-9(13)7(11)2-8(10)12/h2-5,15H,13H2,1H3. The number of halogens is 2. The van der Waals surface area contributed by atoms with Gasteiger partial charge in [-0.1, -0.05) is 0 Å². The van der Waals surface area contributed by atoms with Crippen molar-refractivity contribution in [1.82, 2.24) is 9.78 Å². The fraction of sp³-hybridized carbons (Fsp3) is 0.100. The fourth-order valence-corrected chi connectivity index (χ4v) is 2.87. The molecule has 1 aromatic heterocycles. The summed E-state index contributed by atoms with van der Waals surface area (Å²) in [6.07, 6.45) is 2.77. The molecule has 0 spiro atoms. The SMILES string of the molecule is Cn1cc(NS(=O)(=O)c2cc(N)c(Br)cc2F)cn1. The second kappa shape index (κ2) is 4.82. The van der Waals surface area contributed by atoms with E-state index in [1.54, 1.807) is 7.05 Å². The second-order valence-corrected chi connectivity index (χ2v) is 6.32. The Kier molecular flexibility index (Phi) is 3.50. The number of nitrogen functional groups attached to an aromatic ring is 1. The fourth-order valence-electron chi connectivity index (χ4n) is 1.43. The van der Waals surface area contributed by atoms with Gasteiger partial charge < -0.3 is 5.73 Å². The molecule has 0 atom stereocenters. The minimum atomic E-state index is -4.05. The predicted octanol–water partition coefficient (Wildman–Crippen LogP) is 1.70. The normalized spacial score (nSPS) is 11.5. The van der Waals surface area contributed by atoms with Crippen molar-refractivity contribution < 1.29 is 12.8 Å². The van der Waals surface area contributed by atoms with Crippen molar-refractivity contribution in [1.29, 1.82) is 0 Å². The summed E-state index contributed by atoms with van der Waals surface area (Å²) in [6.45, 7) is 0. The van der Waals surface area contributed by atoms with Crippen LogP contribution in [-0.4, -0.2) is 18.2 Å². The van der Waals surface area contributed by atoms with Crippen LogP contribution in [0.25, 0.3) is 0 Å². The maximum absolute atomic E-state index is 13.7. The summed E-state index contributed by atoms with van der Waals surface area (Å²) in [4.78, 5) is -0.517. The molecule has 9 heteroatoms. The molecule has 0 unspecified atom stereocenters. The molecule has 0 aliphatic heterocycles. The topological polar surface area (TPSA) is 90.0 Å². The molecule has 0 amide bonds. The van der Waals surface area contributed by atoms with Crippen molar-refractivity contribution in [3.63, 3.8) is 0 Å². The number of nitrogens with zero attached hydrogens (tertiary/aromatic N) is 2. The molecular weight excluding hydrogens is 339 g/mol. The number of hydrogen-bond donors (Lipinski definition) is 2. The summed E-state index contributed by atoms with van der Waals surface area (Å²) in [7, 11) is -2.41. The van der Waals surface area contributed by atoms with Crippen LogP contribution in [0.5, 0.6) is 0 Å². The summed E-state index contributed by atoms with van der Waals surface area (Å²) in [5.74, 6) is -0.891. The molecule has 2 rings (SSSR count). The average molecular weight is 349 g/mol. The lowest BCUT2D eigenvalue weighted by Crippen LogP contribution is -2.14. The molecule has 102 valence electrons. The van der Waals surface area contributed by atoms with E-state index in [0.717, 1.165) is 12.1 Å².